The largest absolute Gasteiger partial charge is 0.392 e. The van der Waals surface area contributed by atoms with Crippen LogP contribution < -0.4 is 0 Å². The predicted molar refractivity (Wildman–Crippen MR) is 51.4 cm³/mol. The first-order chi connectivity index (χ1) is 6.85. The maximum Gasteiger partial charge on any atom is 0.0685 e. The molecule has 0 aliphatic carbocycles. The number of aromatic nitrogens is 2. The summed E-state index contributed by atoms with van der Waals surface area (Å²) in [5.74, 6) is 0. The van der Waals surface area contributed by atoms with E-state index >= 15 is 0 Å². The molecule has 0 saturated carbocycles. The van der Waals surface area contributed by atoms with Gasteiger partial charge < -0.3 is 10.2 Å². The first-order valence-corrected chi connectivity index (χ1v) is 4.29. The standard InChI is InChI=1S/C10H10N2O2/c13-5-9-1-7-3-11-12-4-8(7)2-10(9)6-14/h1-4,13-14H,5-6H2. The Hall–Kier alpha value is -1.52. The molecule has 0 spiro atoms. The van der Waals surface area contributed by atoms with Gasteiger partial charge in [-0.1, -0.05) is 0 Å². The van der Waals surface area contributed by atoms with Crippen LogP contribution in [0.3, 0.4) is 0 Å². The summed E-state index contributed by atoms with van der Waals surface area (Å²) < 4.78 is 0. The molecule has 4 nitrogen and oxygen atoms in total. The van der Waals surface area contributed by atoms with Crippen LogP contribution in [-0.4, -0.2) is 20.4 Å². The van der Waals surface area contributed by atoms with Crippen molar-refractivity contribution >= 4 is 10.8 Å². The van der Waals surface area contributed by atoms with E-state index in [4.69, 9.17) is 10.2 Å². The summed E-state index contributed by atoms with van der Waals surface area (Å²) >= 11 is 0. The van der Waals surface area contributed by atoms with Crippen molar-refractivity contribution in [3.8, 4) is 0 Å². The van der Waals surface area contributed by atoms with Crippen LogP contribution in [0.15, 0.2) is 24.5 Å². The maximum absolute atomic E-state index is 9.06. The highest BCUT2D eigenvalue weighted by Crippen LogP contribution is 2.18. The predicted octanol–water partition coefficient (Wildman–Crippen LogP) is 0.614. The third kappa shape index (κ3) is 1.45. The first kappa shape index (κ1) is 9.05. The van der Waals surface area contributed by atoms with Crippen LogP contribution in [0, 0.1) is 0 Å². The molecule has 0 atom stereocenters. The van der Waals surface area contributed by atoms with E-state index in [2.05, 4.69) is 10.2 Å². The molecule has 0 aliphatic heterocycles. The normalized spacial score (nSPS) is 10.7. The lowest BCUT2D eigenvalue weighted by Crippen LogP contribution is -1.94. The molecule has 2 aromatic rings. The fourth-order valence-electron chi connectivity index (χ4n) is 1.44. The van der Waals surface area contributed by atoms with E-state index in [0.717, 1.165) is 21.9 Å². The molecule has 0 bridgehead atoms. The first-order valence-electron chi connectivity index (χ1n) is 4.29. The number of nitrogens with zero attached hydrogens (tertiary/aromatic N) is 2. The summed E-state index contributed by atoms with van der Waals surface area (Å²) in [4.78, 5) is 0. The highest BCUT2D eigenvalue weighted by Gasteiger charge is 2.03. The minimum absolute atomic E-state index is 0.0752. The Bertz CT molecular complexity index is 414. The topological polar surface area (TPSA) is 66.2 Å². The molecular formula is C10H10N2O2. The average Bonchev–Trinajstić information content (AvgIpc) is 2.27. The van der Waals surface area contributed by atoms with E-state index < -0.39 is 0 Å². The van der Waals surface area contributed by atoms with Gasteiger partial charge in [0, 0.05) is 10.8 Å². The molecule has 0 saturated heterocycles. The number of hydrogen-bond acceptors (Lipinski definition) is 4. The second-order valence-corrected chi connectivity index (χ2v) is 3.06. The van der Waals surface area contributed by atoms with Gasteiger partial charge in [0.05, 0.1) is 25.6 Å². The van der Waals surface area contributed by atoms with Crippen molar-refractivity contribution in [1.29, 1.82) is 0 Å². The van der Waals surface area contributed by atoms with E-state index in [1.165, 1.54) is 0 Å². The molecule has 0 aliphatic rings. The van der Waals surface area contributed by atoms with Crippen LogP contribution in [-0.2, 0) is 13.2 Å². The third-order valence-corrected chi connectivity index (χ3v) is 2.21. The van der Waals surface area contributed by atoms with Gasteiger partial charge in [0.1, 0.15) is 0 Å². The number of aliphatic hydroxyl groups is 2. The highest BCUT2D eigenvalue weighted by molar-refractivity contribution is 5.82. The number of aliphatic hydroxyl groups excluding tert-OH is 2. The summed E-state index contributed by atoms with van der Waals surface area (Å²) in [5, 5.41) is 27.5. The van der Waals surface area contributed by atoms with Crippen molar-refractivity contribution in [2.24, 2.45) is 0 Å². The van der Waals surface area contributed by atoms with Crippen LogP contribution in [0.5, 0.6) is 0 Å². The van der Waals surface area contributed by atoms with E-state index in [9.17, 15) is 0 Å². The third-order valence-electron chi connectivity index (χ3n) is 2.21. The quantitative estimate of drug-likeness (QED) is 0.728. The van der Waals surface area contributed by atoms with Gasteiger partial charge >= 0.3 is 0 Å². The molecule has 0 fully saturated rings. The zero-order valence-corrected chi connectivity index (χ0v) is 7.51. The zero-order chi connectivity index (χ0) is 9.97. The minimum atomic E-state index is -0.0752. The molecule has 1 aromatic carbocycles. The van der Waals surface area contributed by atoms with E-state index in [1.807, 2.05) is 12.1 Å². The number of rotatable bonds is 2. The van der Waals surface area contributed by atoms with Crippen LogP contribution in [0.4, 0.5) is 0 Å². The van der Waals surface area contributed by atoms with Gasteiger partial charge in [-0.3, -0.25) is 0 Å². The minimum Gasteiger partial charge on any atom is -0.392 e. The molecule has 4 heteroatoms. The Morgan fingerprint density at radius 1 is 0.857 bits per heavy atom. The number of fused-ring (bicyclic) bond motifs is 1. The Morgan fingerprint density at radius 2 is 1.29 bits per heavy atom. The van der Waals surface area contributed by atoms with Crippen molar-refractivity contribution < 1.29 is 10.2 Å². The Labute approximate surface area is 80.8 Å². The fourth-order valence-corrected chi connectivity index (χ4v) is 1.44. The molecule has 2 rings (SSSR count). The van der Waals surface area contributed by atoms with Gasteiger partial charge in [-0.15, -0.1) is 0 Å². The number of benzene rings is 1. The average molecular weight is 190 g/mol. The monoisotopic (exact) mass is 190 g/mol. The van der Waals surface area contributed by atoms with Crippen LogP contribution in [0.25, 0.3) is 10.8 Å². The summed E-state index contributed by atoms with van der Waals surface area (Å²) in [6.45, 7) is -0.150. The molecule has 1 heterocycles. The summed E-state index contributed by atoms with van der Waals surface area (Å²) in [7, 11) is 0. The molecular weight excluding hydrogens is 180 g/mol. The van der Waals surface area contributed by atoms with Gasteiger partial charge in [-0.25, -0.2) is 0 Å². The lowest BCUT2D eigenvalue weighted by atomic mass is 10.0. The number of hydrogen-bond donors (Lipinski definition) is 2. The zero-order valence-electron chi connectivity index (χ0n) is 7.51. The van der Waals surface area contributed by atoms with Crippen molar-refractivity contribution in [2.75, 3.05) is 0 Å². The Balaban J connectivity index is 2.69. The Kier molecular flexibility index (Phi) is 2.39. The molecule has 0 unspecified atom stereocenters. The molecule has 0 amide bonds. The van der Waals surface area contributed by atoms with Gasteiger partial charge in [-0.05, 0) is 23.3 Å². The van der Waals surface area contributed by atoms with Gasteiger partial charge in [0.25, 0.3) is 0 Å². The smallest absolute Gasteiger partial charge is 0.0685 e. The molecule has 1 aromatic heterocycles. The van der Waals surface area contributed by atoms with E-state index in [-0.39, 0.29) is 13.2 Å². The van der Waals surface area contributed by atoms with Crippen LogP contribution in [0.2, 0.25) is 0 Å². The summed E-state index contributed by atoms with van der Waals surface area (Å²) in [5.41, 5.74) is 1.46. The second kappa shape index (κ2) is 3.69. The van der Waals surface area contributed by atoms with E-state index in [0.29, 0.717) is 0 Å². The molecule has 2 N–H and O–H groups in total. The highest BCUT2D eigenvalue weighted by atomic mass is 16.3. The van der Waals surface area contributed by atoms with Gasteiger partial charge in [-0.2, -0.15) is 10.2 Å². The molecule has 72 valence electrons. The van der Waals surface area contributed by atoms with Gasteiger partial charge in [0.15, 0.2) is 0 Å². The lowest BCUT2D eigenvalue weighted by molar-refractivity contribution is 0.260. The Morgan fingerprint density at radius 3 is 1.64 bits per heavy atom. The van der Waals surface area contributed by atoms with Gasteiger partial charge in [0.2, 0.25) is 0 Å². The SMILES string of the molecule is OCc1cc2cnncc2cc1CO. The molecule has 14 heavy (non-hydrogen) atoms. The van der Waals surface area contributed by atoms with Crippen molar-refractivity contribution in [2.45, 2.75) is 13.2 Å². The van der Waals surface area contributed by atoms with Crippen LogP contribution in [0.1, 0.15) is 11.1 Å². The lowest BCUT2D eigenvalue weighted by Gasteiger charge is -2.06. The van der Waals surface area contributed by atoms with Crippen molar-refractivity contribution in [3.05, 3.63) is 35.7 Å². The van der Waals surface area contributed by atoms with E-state index in [1.54, 1.807) is 12.4 Å². The summed E-state index contributed by atoms with van der Waals surface area (Å²) in [6, 6.07) is 3.63. The molecule has 0 radical (unpaired) electrons. The second-order valence-electron chi connectivity index (χ2n) is 3.06. The van der Waals surface area contributed by atoms with Crippen LogP contribution >= 0.6 is 0 Å². The summed E-state index contributed by atoms with van der Waals surface area (Å²) in [6.07, 6.45) is 3.27. The fraction of sp³-hybridized carbons (Fsp3) is 0.200. The maximum atomic E-state index is 9.06. The van der Waals surface area contributed by atoms with Crippen molar-refractivity contribution in [1.82, 2.24) is 10.2 Å². The van der Waals surface area contributed by atoms with Crippen molar-refractivity contribution in [3.63, 3.8) is 0 Å².